The van der Waals surface area contributed by atoms with Gasteiger partial charge in [-0.15, -0.1) is 0 Å². The zero-order valence-corrected chi connectivity index (χ0v) is 9.86. The Bertz CT molecular complexity index is 204. The Hall–Kier alpha value is -0.480. The van der Waals surface area contributed by atoms with Crippen LogP contribution in [0.4, 0.5) is 0 Å². The van der Waals surface area contributed by atoms with Gasteiger partial charge in [0.25, 0.3) is 0 Å². The first-order valence-electron chi connectivity index (χ1n) is 4.76. The molecule has 3 nitrogen and oxygen atoms in total. The van der Waals surface area contributed by atoms with Crippen LogP contribution in [0.15, 0.2) is 11.6 Å². The Kier molecular flexibility index (Phi) is 7.61. The highest BCUT2D eigenvalue weighted by atomic mass is 32.2. The lowest BCUT2D eigenvalue weighted by Gasteiger charge is -2.10. The van der Waals surface area contributed by atoms with Crippen molar-refractivity contribution in [2.45, 2.75) is 26.3 Å². The molecule has 0 aromatic heterocycles. The van der Waals surface area contributed by atoms with E-state index in [2.05, 4.69) is 18.5 Å². The van der Waals surface area contributed by atoms with E-state index in [1.54, 1.807) is 17.8 Å². The van der Waals surface area contributed by atoms with Gasteiger partial charge in [0.2, 0.25) is 0 Å². The first kappa shape index (κ1) is 13.5. The highest BCUT2D eigenvalue weighted by Gasteiger charge is 2.03. The molecular weight excluding hydrogens is 198 g/mol. The summed E-state index contributed by atoms with van der Waals surface area (Å²) in [6.07, 6.45) is 4.38. The maximum absolute atomic E-state index is 10.6. The predicted molar refractivity (Wildman–Crippen MR) is 61.9 cm³/mol. The third kappa shape index (κ3) is 6.05. The number of carboxylic acids is 1. The van der Waals surface area contributed by atoms with Gasteiger partial charge in [0, 0.05) is 23.9 Å². The molecule has 2 N–H and O–H groups in total. The van der Waals surface area contributed by atoms with Crippen LogP contribution in [0.1, 0.15) is 20.3 Å². The standard InChI is InChI=1S/C10H19NO2S/c1-4-9(10(12)13)5-6-11-8(2)7-14-3/h5,8,11H,4,6-7H2,1-3H3,(H,12,13). The first-order valence-corrected chi connectivity index (χ1v) is 6.15. The largest absolute Gasteiger partial charge is 0.478 e. The van der Waals surface area contributed by atoms with E-state index >= 15 is 0 Å². The van der Waals surface area contributed by atoms with Crippen LogP contribution >= 0.6 is 11.8 Å². The summed E-state index contributed by atoms with van der Waals surface area (Å²) < 4.78 is 0. The van der Waals surface area contributed by atoms with Gasteiger partial charge in [0.1, 0.15) is 0 Å². The molecule has 0 aromatic carbocycles. The molecular formula is C10H19NO2S. The van der Waals surface area contributed by atoms with Crippen LogP contribution in [0.3, 0.4) is 0 Å². The maximum atomic E-state index is 10.6. The normalized spacial score (nSPS) is 14.1. The summed E-state index contributed by atoms with van der Waals surface area (Å²) in [5.41, 5.74) is 0.480. The van der Waals surface area contributed by atoms with Crippen molar-refractivity contribution in [3.63, 3.8) is 0 Å². The molecule has 1 atom stereocenters. The van der Waals surface area contributed by atoms with E-state index in [1.807, 2.05) is 6.92 Å². The molecule has 4 heteroatoms. The fourth-order valence-electron chi connectivity index (χ4n) is 1.08. The van der Waals surface area contributed by atoms with Crippen molar-refractivity contribution in [2.75, 3.05) is 18.6 Å². The van der Waals surface area contributed by atoms with Crippen molar-refractivity contribution < 1.29 is 9.90 Å². The van der Waals surface area contributed by atoms with Gasteiger partial charge in [-0.3, -0.25) is 0 Å². The van der Waals surface area contributed by atoms with Crippen molar-refractivity contribution in [3.05, 3.63) is 11.6 Å². The number of aliphatic carboxylic acids is 1. The first-order chi connectivity index (χ1) is 6.61. The second kappa shape index (κ2) is 7.88. The van der Waals surface area contributed by atoms with Gasteiger partial charge in [-0.25, -0.2) is 4.79 Å². The Morgan fingerprint density at radius 1 is 1.64 bits per heavy atom. The van der Waals surface area contributed by atoms with E-state index in [-0.39, 0.29) is 0 Å². The highest BCUT2D eigenvalue weighted by molar-refractivity contribution is 7.98. The van der Waals surface area contributed by atoms with Gasteiger partial charge in [0.15, 0.2) is 0 Å². The van der Waals surface area contributed by atoms with Crippen LogP contribution in [-0.2, 0) is 4.79 Å². The van der Waals surface area contributed by atoms with Gasteiger partial charge < -0.3 is 10.4 Å². The Balaban J connectivity index is 3.84. The van der Waals surface area contributed by atoms with Gasteiger partial charge >= 0.3 is 5.97 Å². The lowest BCUT2D eigenvalue weighted by atomic mass is 10.2. The number of hydrogen-bond donors (Lipinski definition) is 2. The second-order valence-electron chi connectivity index (χ2n) is 3.15. The van der Waals surface area contributed by atoms with Crippen molar-refractivity contribution in [1.29, 1.82) is 0 Å². The summed E-state index contributed by atoms with van der Waals surface area (Å²) >= 11 is 1.78. The molecule has 0 fully saturated rings. The van der Waals surface area contributed by atoms with Crippen molar-refractivity contribution in [1.82, 2.24) is 5.32 Å². The summed E-state index contributed by atoms with van der Waals surface area (Å²) in [4.78, 5) is 10.6. The highest BCUT2D eigenvalue weighted by Crippen LogP contribution is 2.00. The summed E-state index contributed by atoms with van der Waals surface area (Å²) in [5.74, 6) is 0.231. The number of carbonyl (C=O) groups is 1. The quantitative estimate of drug-likeness (QED) is 0.638. The van der Waals surface area contributed by atoms with Crippen LogP contribution < -0.4 is 5.32 Å². The Morgan fingerprint density at radius 2 is 2.29 bits per heavy atom. The maximum Gasteiger partial charge on any atom is 0.331 e. The fraction of sp³-hybridized carbons (Fsp3) is 0.700. The monoisotopic (exact) mass is 217 g/mol. The van der Waals surface area contributed by atoms with E-state index in [0.717, 1.165) is 5.75 Å². The number of hydrogen-bond acceptors (Lipinski definition) is 3. The van der Waals surface area contributed by atoms with Gasteiger partial charge in [-0.2, -0.15) is 11.8 Å². The predicted octanol–water partition coefficient (Wildman–Crippen LogP) is 1.75. The van der Waals surface area contributed by atoms with Crippen LogP contribution in [0.25, 0.3) is 0 Å². The number of carboxylic acid groups (broad SMARTS) is 1. The molecule has 0 bridgehead atoms. The number of thioether (sulfide) groups is 1. The van der Waals surface area contributed by atoms with E-state index in [9.17, 15) is 4.79 Å². The zero-order valence-electron chi connectivity index (χ0n) is 9.04. The summed E-state index contributed by atoms with van der Waals surface area (Å²) in [5, 5.41) is 12.0. The molecule has 0 spiro atoms. The summed E-state index contributed by atoms with van der Waals surface area (Å²) in [6.45, 7) is 4.58. The van der Waals surface area contributed by atoms with Gasteiger partial charge in [0.05, 0.1) is 0 Å². The topological polar surface area (TPSA) is 49.3 Å². The molecule has 0 aliphatic carbocycles. The molecule has 0 radical (unpaired) electrons. The van der Waals surface area contributed by atoms with E-state index in [0.29, 0.717) is 24.6 Å². The Morgan fingerprint density at radius 3 is 2.71 bits per heavy atom. The summed E-state index contributed by atoms with van der Waals surface area (Å²) in [6, 6.07) is 0.424. The average Bonchev–Trinajstić information content (AvgIpc) is 2.12. The smallest absolute Gasteiger partial charge is 0.331 e. The molecule has 14 heavy (non-hydrogen) atoms. The number of nitrogens with one attached hydrogen (secondary N) is 1. The van der Waals surface area contributed by atoms with Crippen LogP contribution in [-0.4, -0.2) is 35.7 Å². The second-order valence-corrected chi connectivity index (χ2v) is 4.06. The molecule has 1 unspecified atom stereocenters. The molecule has 0 aliphatic heterocycles. The van der Waals surface area contributed by atoms with Crippen molar-refractivity contribution >= 4 is 17.7 Å². The van der Waals surface area contributed by atoms with Gasteiger partial charge in [-0.1, -0.05) is 13.0 Å². The van der Waals surface area contributed by atoms with E-state index in [1.165, 1.54) is 0 Å². The lowest BCUT2D eigenvalue weighted by Crippen LogP contribution is -2.28. The molecule has 0 aliphatic rings. The fourth-order valence-corrected chi connectivity index (χ4v) is 1.69. The van der Waals surface area contributed by atoms with Crippen LogP contribution in [0.5, 0.6) is 0 Å². The van der Waals surface area contributed by atoms with Crippen LogP contribution in [0, 0.1) is 0 Å². The molecule has 0 saturated heterocycles. The van der Waals surface area contributed by atoms with Gasteiger partial charge in [-0.05, 0) is 19.6 Å². The molecule has 0 heterocycles. The molecule has 82 valence electrons. The molecule has 0 saturated carbocycles. The third-order valence-corrected chi connectivity index (χ3v) is 2.72. The summed E-state index contributed by atoms with van der Waals surface area (Å²) in [7, 11) is 0. The average molecular weight is 217 g/mol. The van der Waals surface area contributed by atoms with E-state index in [4.69, 9.17) is 5.11 Å². The van der Waals surface area contributed by atoms with Crippen LogP contribution in [0.2, 0.25) is 0 Å². The number of rotatable bonds is 7. The lowest BCUT2D eigenvalue weighted by molar-refractivity contribution is -0.132. The minimum Gasteiger partial charge on any atom is -0.478 e. The third-order valence-electron chi connectivity index (χ3n) is 1.89. The minimum atomic E-state index is -0.813. The Labute approximate surface area is 90.0 Å². The minimum absolute atomic E-state index is 0.424. The SMILES string of the molecule is CCC(=CCNC(C)CSC)C(=O)O. The van der Waals surface area contributed by atoms with Crippen molar-refractivity contribution in [3.8, 4) is 0 Å². The van der Waals surface area contributed by atoms with Crippen molar-refractivity contribution in [2.24, 2.45) is 0 Å². The zero-order chi connectivity index (χ0) is 11.0. The molecule has 0 rings (SSSR count). The molecule has 0 amide bonds. The molecule has 0 aromatic rings. The van der Waals surface area contributed by atoms with E-state index < -0.39 is 5.97 Å².